The summed E-state index contributed by atoms with van der Waals surface area (Å²) in [4.78, 5) is 12.1. The maximum Gasteiger partial charge on any atom is 0.243 e. The minimum atomic E-state index is -0.533. The van der Waals surface area contributed by atoms with Crippen molar-refractivity contribution in [2.24, 2.45) is 11.7 Å². The van der Waals surface area contributed by atoms with Crippen molar-refractivity contribution in [3.8, 4) is 0 Å². The van der Waals surface area contributed by atoms with Gasteiger partial charge in [-0.05, 0) is 25.3 Å². The number of rotatable bonds is 6. The summed E-state index contributed by atoms with van der Waals surface area (Å²) in [5.41, 5.74) is 6.84. The van der Waals surface area contributed by atoms with Crippen molar-refractivity contribution in [1.29, 1.82) is 0 Å². The van der Waals surface area contributed by atoms with Crippen molar-refractivity contribution in [3.05, 3.63) is 40.9 Å². The van der Waals surface area contributed by atoms with Gasteiger partial charge in [-0.1, -0.05) is 61.9 Å². The maximum absolute atomic E-state index is 12.1. The van der Waals surface area contributed by atoms with E-state index in [1.807, 2.05) is 32.0 Å². The Balaban J connectivity index is 2.13. The predicted molar refractivity (Wildman–Crippen MR) is 94.5 cm³/mol. The largest absolute Gasteiger partial charge is 0.320 e. The second-order valence-electron chi connectivity index (χ2n) is 6.30. The van der Waals surface area contributed by atoms with Crippen LogP contribution in [-0.2, 0) is 10.2 Å². The van der Waals surface area contributed by atoms with Crippen LogP contribution in [0.4, 0.5) is 5.13 Å². The summed E-state index contributed by atoms with van der Waals surface area (Å²) in [6.07, 6.45) is 0.858. The van der Waals surface area contributed by atoms with Crippen LogP contribution >= 0.6 is 11.3 Å². The van der Waals surface area contributed by atoms with E-state index in [9.17, 15) is 4.79 Å². The van der Waals surface area contributed by atoms with Gasteiger partial charge in [-0.25, -0.2) is 0 Å². The van der Waals surface area contributed by atoms with Crippen molar-refractivity contribution >= 4 is 22.4 Å². The SMILES string of the molecule is CCC(C)C(N)C(=O)Nc1nnc(C(C)(C)c2ccccc2)s1. The molecule has 23 heavy (non-hydrogen) atoms. The molecule has 0 aliphatic heterocycles. The predicted octanol–water partition coefficient (Wildman–Crippen LogP) is 3.18. The smallest absolute Gasteiger partial charge is 0.243 e. The van der Waals surface area contributed by atoms with Crippen LogP contribution in [0.2, 0.25) is 0 Å². The highest BCUT2D eigenvalue weighted by Gasteiger charge is 2.28. The highest BCUT2D eigenvalue weighted by Crippen LogP contribution is 2.34. The number of nitrogens with one attached hydrogen (secondary N) is 1. The Kier molecular flexibility index (Phi) is 5.49. The molecule has 2 aromatic rings. The lowest BCUT2D eigenvalue weighted by Gasteiger charge is -2.21. The Labute approximate surface area is 141 Å². The Hall–Kier alpha value is -1.79. The fourth-order valence-corrected chi connectivity index (χ4v) is 3.08. The fraction of sp³-hybridized carbons (Fsp3) is 0.471. The summed E-state index contributed by atoms with van der Waals surface area (Å²) in [5.74, 6) is -0.0808. The Morgan fingerprint density at radius 1 is 1.30 bits per heavy atom. The van der Waals surface area contributed by atoms with Crippen LogP contribution in [0.25, 0.3) is 0 Å². The molecule has 0 bridgehead atoms. The second-order valence-corrected chi connectivity index (χ2v) is 7.28. The van der Waals surface area contributed by atoms with Gasteiger partial charge in [0.2, 0.25) is 11.0 Å². The van der Waals surface area contributed by atoms with E-state index >= 15 is 0 Å². The van der Waals surface area contributed by atoms with Gasteiger partial charge in [0.05, 0.1) is 6.04 Å². The lowest BCUT2D eigenvalue weighted by molar-refractivity contribution is -0.118. The monoisotopic (exact) mass is 332 g/mol. The van der Waals surface area contributed by atoms with E-state index in [4.69, 9.17) is 5.73 Å². The van der Waals surface area contributed by atoms with Gasteiger partial charge in [-0.3, -0.25) is 10.1 Å². The molecule has 0 aliphatic rings. The number of carbonyl (C=O) groups excluding carboxylic acids is 1. The molecule has 1 aromatic heterocycles. The third-order valence-corrected chi connectivity index (χ3v) is 5.41. The Morgan fingerprint density at radius 3 is 2.57 bits per heavy atom. The first kappa shape index (κ1) is 17.6. The zero-order valence-electron chi connectivity index (χ0n) is 14.0. The molecule has 1 aromatic carbocycles. The van der Waals surface area contributed by atoms with Gasteiger partial charge in [0.25, 0.3) is 0 Å². The van der Waals surface area contributed by atoms with Crippen LogP contribution in [-0.4, -0.2) is 22.1 Å². The summed E-state index contributed by atoms with van der Waals surface area (Å²) in [5, 5.41) is 12.5. The molecule has 1 heterocycles. The fourth-order valence-electron chi connectivity index (χ4n) is 2.21. The van der Waals surface area contributed by atoms with Crippen LogP contribution in [0, 0.1) is 5.92 Å². The number of hydrogen-bond donors (Lipinski definition) is 2. The first-order valence-corrected chi connectivity index (χ1v) is 8.63. The average Bonchev–Trinajstić information content (AvgIpc) is 3.03. The molecule has 124 valence electrons. The highest BCUT2D eigenvalue weighted by atomic mass is 32.1. The normalized spacial score (nSPS) is 14.3. The van der Waals surface area contributed by atoms with Gasteiger partial charge in [0, 0.05) is 5.41 Å². The molecule has 0 spiro atoms. The number of hydrogen-bond acceptors (Lipinski definition) is 5. The summed E-state index contributed by atoms with van der Waals surface area (Å²) in [7, 11) is 0. The molecule has 2 rings (SSSR count). The van der Waals surface area contributed by atoms with Gasteiger partial charge in [-0.2, -0.15) is 0 Å². The van der Waals surface area contributed by atoms with Gasteiger partial charge in [0.15, 0.2) is 0 Å². The zero-order chi connectivity index (χ0) is 17.0. The Morgan fingerprint density at radius 2 is 1.96 bits per heavy atom. The van der Waals surface area contributed by atoms with Crippen LogP contribution in [0.3, 0.4) is 0 Å². The third kappa shape index (κ3) is 3.95. The number of aromatic nitrogens is 2. The van der Waals surface area contributed by atoms with E-state index in [1.54, 1.807) is 0 Å². The lowest BCUT2D eigenvalue weighted by atomic mass is 9.85. The molecule has 5 nitrogen and oxygen atoms in total. The number of benzene rings is 1. The molecule has 0 saturated heterocycles. The molecule has 0 aliphatic carbocycles. The van der Waals surface area contributed by atoms with E-state index in [2.05, 4.69) is 41.5 Å². The van der Waals surface area contributed by atoms with Crippen molar-refractivity contribution in [2.75, 3.05) is 5.32 Å². The molecular weight excluding hydrogens is 308 g/mol. The quantitative estimate of drug-likeness (QED) is 0.851. The van der Waals surface area contributed by atoms with Crippen molar-refractivity contribution < 1.29 is 4.79 Å². The van der Waals surface area contributed by atoms with E-state index in [0.29, 0.717) is 5.13 Å². The number of anilines is 1. The van der Waals surface area contributed by atoms with Crippen molar-refractivity contribution in [3.63, 3.8) is 0 Å². The van der Waals surface area contributed by atoms with E-state index in [1.165, 1.54) is 11.3 Å². The highest BCUT2D eigenvalue weighted by molar-refractivity contribution is 7.15. The molecular formula is C17H24N4OS. The van der Waals surface area contributed by atoms with Crippen LogP contribution in [0.15, 0.2) is 30.3 Å². The first-order valence-electron chi connectivity index (χ1n) is 7.82. The van der Waals surface area contributed by atoms with Crippen LogP contribution in [0.1, 0.15) is 44.7 Å². The van der Waals surface area contributed by atoms with Crippen LogP contribution in [0.5, 0.6) is 0 Å². The first-order chi connectivity index (χ1) is 10.9. The molecule has 0 saturated carbocycles. The maximum atomic E-state index is 12.1. The molecule has 1 amide bonds. The van der Waals surface area contributed by atoms with E-state index in [-0.39, 0.29) is 17.2 Å². The standard InChI is InChI=1S/C17H24N4OS/c1-5-11(2)13(18)14(22)19-16-21-20-15(23-16)17(3,4)12-9-7-6-8-10-12/h6-11,13H,5,18H2,1-4H3,(H,19,21,22). The topological polar surface area (TPSA) is 80.9 Å². The number of carbonyl (C=O) groups is 1. The summed E-state index contributed by atoms with van der Waals surface area (Å²) in [6, 6.07) is 9.60. The average molecular weight is 332 g/mol. The summed E-state index contributed by atoms with van der Waals surface area (Å²) in [6.45, 7) is 8.18. The summed E-state index contributed by atoms with van der Waals surface area (Å²) >= 11 is 1.39. The second kappa shape index (κ2) is 7.19. The molecule has 6 heteroatoms. The van der Waals surface area contributed by atoms with Crippen molar-refractivity contribution in [2.45, 2.75) is 45.6 Å². The zero-order valence-corrected chi connectivity index (χ0v) is 14.9. The van der Waals surface area contributed by atoms with Gasteiger partial charge >= 0.3 is 0 Å². The molecule has 2 unspecified atom stereocenters. The Bertz CT molecular complexity index is 654. The molecule has 3 N–H and O–H groups in total. The minimum Gasteiger partial charge on any atom is -0.320 e. The van der Waals surface area contributed by atoms with Gasteiger partial charge in [0.1, 0.15) is 5.01 Å². The number of nitrogens with two attached hydrogens (primary N) is 1. The summed E-state index contributed by atoms with van der Waals surface area (Å²) < 4.78 is 0. The van der Waals surface area contributed by atoms with E-state index in [0.717, 1.165) is 17.0 Å². The molecule has 0 radical (unpaired) electrons. The lowest BCUT2D eigenvalue weighted by Crippen LogP contribution is -2.40. The van der Waals surface area contributed by atoms with Gasteiger partial charge in [-0.15, -0.1) is 10.2 Å². The molecule has 0 fully saturated rings. The van der Waals surface area contributed by atoms with Crippen LogP contribution < -0.4 is 11.1 Å². The number of amides is 1. The van der Waals surface area contributed by atoms with Crippen molar-refractivity contribution in [1.82, 2.24) is 10.2 Å². The third-order valence-electron chi connectivity index (χ3n) is 4.25. The van der Waals surface area contributed by atoms with E-state index < -0.39 is 6.04 Å². The number of nitrogens with zero attached hydrogens (tertiary/aromatic N) is 2. The van der Waals surface area contributed by atoms with Gasteiger partial charge < -0.3 is 5.73 Å². The molecule has 2 atom stereocenters. The minimum absolute atomic E-state index is 0.128.